The molecule has 1 amide bonds. The van der Waals surface area contributed by atoms with E-state index in [0.717, 1.165) is 18.5 Å². The minimum Gasteiger partial charge on any atom is -0.329 e. The molecule has 2 atom stereocenters. The van der Waals surface area contributed by atoms with Crippen molar-refractivity contribution in [1.82, 2.24) is 4.90 Å². The molecule has 2 N–H and O–H groups in total. The van der Waals surface area contributed by atoms with Gasteiger partial charge in [-0.25, -0.2) is 0 Å². The van der Waals surface area contributed by atoms with Crippen LogP contribution in [0.1, 0.15) is 26.2 Å². The minimum absolute atomic E-state index is 0.128. The number of rotatable bonds is 4. The minimum atomic E-state index is 0.128. The molecule has 1 aromatic rings. The highest BCUT2D eigenvalue weighted by Crippen LogP contribution is 2.22. The van der Waals surface area contributed by atoms with Crippen LogP contribution in [0.5, 0.6) is 0 Å². The second-order valence-corrected chi connectivity index (χ2v) is 5.63. The Bertz CT molecular complexity index is 435. The first kappa shape index (κ1) is 15.0. The van der Waals surface area contributed by atoms with Crippen molar-refractivity contribution in [2.45, 2.75) is 38.3 Å². The maximum Gasteiger partial charge on any atom is 0.240 e. The zero-order valence-electron chi connectivity index (χ0n) is 12.5. The fourth-order valence-corrected chi connectivity index (χ4v) is 2.94. The van der Waals surface area contributed by atoms with Gasteiger partial charge >= 0.3 is 0 Å². The lowest BCUT2D eigenvalue weighted by Gasteiger charge is -2.40. The van der Waals surface area contributed by atoms with Crippen molar-refractivity contribution in [1.29, 1.82) is 0 Å². The second-order valence-electron chi connectivity index (χ2n) is 5.63. The van der Waals surface area contributed by atoms with Gasteiger partial charge in [-0.15, -0.1) is 0 Å². The summed E-state index contributed by atoms with van der Waals surface area (Å²) in [7, 11) is 1.84. The second kappa shape index (κ2) is 6.86. The Balaban J connectivity index is 2.02. The zero-order valence-corrected chi connectivity index (χ0v) is 12.5. The molecule has 0 aromatic heterocycles. The van der Waals surface area contributed by atoms with Crippen LogP contribution >= 0.6 is 0 Å². The number of carbonyl (C=O) groups excluding carboxylic acids is 1. The lowest BCUT2D eigenvalue weighted by atomic mass is 9.96. The van der Waals surface area contributed by atoms with Crippen molar-refractivity contribution >= 4 is 11.6 Å². The molecule has 20 heavy (non-hydrogen) atoms. The molecule has 1 aromatic carbocycles. The summed E-state index contributed by atoms with van der Waals surface area (Å²) >= 11 is 0. The molecule has 1 heterocycles. The Morgan fingerprint density at radius 1 is 1.35 bits per heavy atom. The van der Waals surface area contributed by atoms with E-state index in [4.69, 9.17) is 5.73 Å². The van der Waals surface area contributed by atoms with E-state index in [0.29, 0.717) is 25.2 Å². The van der Waals surface area contributed by atoms with Gasteiger partial charge in [0.05, 0.1) is 6.54 Å². The van der Waals surface area contributed by atoms with E-state index in [9.17, 15) is 4.79 Å². The van der Waals surface area contributed by atoms with Crippen LogP contribution in [-0.2, 0) is 4.79 Å². The van der Waals surface area contributed by atoms with Gasteiger partial charge in [-0.2, -0.15) is 0 Å². The number of benzene rings is 1. The molecule has 1 aliphatic rings. The third-order valence-electron chi connectivity index (χ3n) is 4.30. The third-order valence-corrected chi connectivity index (χ3v) is 4.30. The quantitative estimate of drug-likeness (QED) is 0.912. The summed E-state index contributed by atoms with van der Waals surface area (Å²) < 4.78 is 0. The number of nitrogens with zero attached hydrogens (tertiary/aromatic N) is 2. The molecule has 2 unspecified atom stereocenters. The van der Waals surface area contributed by atoms with E-state index in [-0.39, 0.29) is 5.91 Å². The van der Waals surface area contributed by atoms with Gasteiger partial charge in [0.2, 0.25) is 5.91 Å². The van der Waals surface area contributed by atoms with Crippen molar-refractivity contribution in [2.75, 3.05) is 25.0 Å². The van der Waals surface area contributed by atoms with Crippen molar-refractivity contribution < 1.29 is 4.79 Å². The number of carbonyl (C=O) groups is 1. The lowest BCUT2D eigenvalue weighted by Crippen LogP contribution is -2.52. The van der Waals surface area contributed by atoms with Crippen LogP contribution in [0.15, 0.2) is 30.3 Å². The van der Waals surface area contributed by atoms with Gasteiger partial charge in [0, 0.05) is 31.4 Å². The van der Waals surface area contributed by atoms with Crippen LogP contribution in [0, 0.1) is 0 Å². The Morgan fingerprint density at radius 2 is 2.05 bits per heavy atom. The fourth-order valence-electron chi connectivity index (χ4n) is 2.94. The SMILES string of the molecule is CC1CCCC(CN)N1CC(=O)N(C)c1ccccc1. The number of hydrogen-bond acceptors (Lipinski definition) is 3. The van der Waals surface area contributed by atoms with Gasteiger partial charge in [-0.3, -0.25) is 9.69 Å². The highest BCUT2D eigenvalue weighted by Gasteiger charge is 2.29. The Labute approximate surface area is 121 Å². The van der Waals surface area contributed by atoms with Crippen molar-refractivity contribution in [3.8, 4) is 0 Å². The molecular formula is C16H25N3O. The summed E-state index contributed by atoms with van der Waals surface area (Å²) in [5.41, 5.74) is 6.79. The maximum absolute atomic E-state index is 12.5. The molecule has 0 bridgehead atoms. The largest absolute Gasteiger partial charge is 0.329 e. The van der Waals surface area contributed by atoms with Crippen molar-refractivity contribution in [3.05, 3.63) is 30.3 Å². The average molecular weight is 275 g/mol. The molecule has 0 spiro atoms. The Morgan fingerprint density at radius 3 is 2.70 bits per heavy atom. The standard InChI is InChI=1S/C16H25N3O/c1-13-7-6-10-15(11-17)19(13)12-16(20)18(2)14-8-4-3-5-9-14/h3-5,8-9,13,15H,6-7,10-12,17H2,1-2H3. The summed E-state index contributed by atoms with van der Waals surface area (Å²) in [6, 6.07) is 10.5. The summed E-state index contributed by atoms with van der Waals surface area (Å²) in [6.45, 7) is 3.28. The van der Waals surface area contributed by atoms with Gasteiger partial charge in [0.1, 0.15) is 0 Å². The number of nitrogens with two attached hydrogens (primary N) is 1. The number of amides is 1. The van der Waals surface area contributed by atoms with Crippen molar-refractivity contribution in [2.24, 2.45) is 5.73 Å². The van der Waals surface area contributed by atoms with Crippen LogP contribution < -0.4 is 10.6 Å². The van der Waals surface area contributed by atoms with E-state index < -0.39 is 0 Å². The number of likely N-dealkylation sites (N-methyl/N-ethyl adjacent to an activating group) is 1. The summed E-state index contributed by atoms with van der Waals surface area (Å²) in [4.78, 5) is 16.5. The number of anilines is 1. The topological polar surface area (TPSA) is 49.6 Å². The highest BCUT2D eigenvalue weighted by atomic mass is 16.2. The smallest absolute Gasteiger partial charge is 0.240 e. The van der Waals surface area contributed by atoms with Gasteiger partial charge in [-0.05, 0) is 31.9 Å². The van der Waals surface area contributed by atoms with Crippen LogP contribution in [0.2, 0.25) is 0 Å². The van der Waals surface area contributed by atoms with Crippen LogP contribution in [0.3, 0.4) is 0 Å². The Hall–Kier alpha value is -1.39. The summed E-state index contributed by atoms with van der Waals surface area (Å²) in [6.07, 6.45) is 3.46. The Kier molecular flexibility index (Phi) is 5.15. The van der Waals surface area contributed by atoms with E-state index in [2.05, 4.69) is 11.8 Å². The normalized spacial score (nSPS) is 23.6. The number of piperidine rings is 1. The first-order valence-electron chi connectivity index (χ1n) is 7.41. The van der Waals surface area contributed by atoms with E-state index in [1.54, 1.807) is 4.90 Å². The van der Waals surface area contributed by atoms with Crippen LogP contribution in [0.25, 0.3) is 0 Å². The average Bonchev–Trinajstić information content (AvgIpc) is 2.49. The van der Waals surface area contributed by atoms with Gasteiger partial charge in [-0.1, -0.05) is 24.6 Å². The lowest BCUT2D eigenvalue weighted by molar-refractivity contribution is -0.121. The van der Waals surface area contributed by atoms with Gasteiger partial charge in [0.25, 0.3) is 0 Å². The molecule has 0 saturated carbocycles. The molecule has 4 nitrogen and oxygen atoms in total. The van der Waals surface area contributed by atoms with Gasteiger partial charge in [0.15, 0.2) is 0 Å². The number of likely N-dealkylation sites (tertiary alicyclic amines) is 1. The molecule has 1 aliphatic heterocycles. The predicted octanol–water partition coefficient (Wildman–Crippen LogP) is 1.85. The van der Waals surface area contributed by atoms with Crippen molar-refractivity contribution in [3.63, 3.8) is 0 Å². The first-order chi connectivity index (χ1) is 9.63. The summed E-state index contributed by atoms with van der Waals surface area (Å²) in [5.74, 6) is 0.128. The fraction of sp³-hybridized carbons (Fsp3) is 0.562. The molecule has 1 fully saturated rings. The number of para-hydroxylation sites is 1. The molecular weight excluding hydrogens is 250 g/mol. The van der Waals surface area contributed by atoms with E-state index >= 15 is 0 Å². The molecule has 0 aliphatic carbocycles. The predicted molar refractivity (Wildman–Crippen MR) is 82.7 cm³/mol. The molecule has 0 radical (unpaired) electrons. The third kappa shape index (κ3) is 3.38. The summed E-state index contributed by atoms with van der Waals surface area (Å²) in [5, 5.41) is 0. The molecule has 4 heteroatoms. The highest BCUT2D eigenvalue weighted by molar-refractivity contribution is 5.94. The van der Waals surface area contributed by atoms with Gasteiger partial charge < -0.3 is 10.6 Å². The zero-order chi connectivity index (χ0) is 14.5. The van der Waals surface area contributed by atoms with Crippen LogP contribution in [0.4, 0.5) is 5.69 Å². The maximum atomic E-state index is 12.5. The van der Waals surface area contributed by atoms with E-state index in [1.807, 2.05) is 37.4 Å². The van der Waals surface area contributed by atoms with Crippen LogP contribution in [-0.4, -0.2) is 43.0 Å². The van der Waals surface area contributed by atoms with E-state index in [1.165, 1.54) is 6.42 Å². The monoisotopic (exact) mass is 275 g/mol. The number of hydrogen-bond donors (Lipinski definition) is 1. The molecule has 110 valence electrons. The first-order valence-corrected chi connectivity index (χ1v) is 7.41. The molecule has 2 rings (SSSR count). The molecule has 1 saturated heterocycles.